The molecule has 0 aliphatic rings. The first-order chi connectivity index (χ1) is 6.48. The van der Waals surface area contributed by atoms with E-state index in [-0.39, 0.29) is 5.69 Å². The molecule has 0 aromatic carbocycles. The van der Waals surface area contributed by atoms with E-state index in [1.807, 2.05) is 0 Å². The largest absolute Gasteiger partial charge is 0.476 e. The van der Waals surface area contributed by atoms with Crippen LogP contribution in [0.25, 0.3) is 0 Å². The number of rotatable bonds is 2. The Labute approximate surface area is 77.4 Å². The van der Waals surface area contributed by atoms with Gasteiger partial charge in [-0.25, -0.2) is 9.78 Å². The van der Waals surface area contributed by atoms with E-state index in [4.69, 9.17) is 10.4 Å². The van der Waals surface area contributed by atoms with Crippen molar-refractivity contribution in [3.05, 3.63) is 29.6 Å². The number of halogens is 2. The van der Waals surface area contributed by atoms with E-state index in [0.29, 0.717) is 0 Å². The predicted octanol–water partition coefficient (Wildman–Crippen LogP) is 1.13. The van der Waals surface area contributed by atoms with Gasteiger partial charge in [-0.15, -0.1) is 0 Å². The Morgan fingerprint density at radius 2 is 2.21 bits per heavy atom. The van der Waals surface area contributed by atoms with Gasteiger partial charge in [0.2, 0.25) is 0 Å². The smallest absolute Gasteiger partial charge is 0.384 e. The number of aromatic nitrogens is 1. The van der Waals surface area contributed by atoms with Crippen molar-refractivity contribution in [2.75, 3.05) is 0 Å². The predicted molar refractivity (Wildman–Crippen MR) is 40.5 cm³/mol. The zero-order valence-corrected chi connectivity index (χ0v) is 6.74. The topological polar surface area (TPSA) is 74.0 Å². The van der Waals surface area contributed by atoms with Crippen LogP contribution >= 0.6 is 0 Å². The summed E-state index contributed by atoms with van der Waals surface area (Å²) in [6, 6.07) is 4.76. The van der Waals surface area contributed by atoms with Crippen molar-refractivity contribution in [1.29, 1.82) is 5.26 Å². The van der Waals surface area contributed by atoms with Crippen LogP contribution in [-0.4, -0.2) is 16.1 Å². The van der Waals surface area contributed by atoms with Gasteiger partial charge in [0.1, 0.15) is 17.5 Å². The van der Waals surface area contributed by atoms with Crippen LogP contribution in [0.2, 0.25) is 0 Å². The summed E-state index contributed by atoms with van der Waals surface area (Å²) in [6.07, 6.45) is 0. The number of alkyl halides is 2. The molecule has 0 atom stereocenters. The van der Waals surface area contributed by atoms with Crippen LogP contribution in [0.3, 0.4) is 0 Å². The summed E-state index contributed by atoms with van der Waals surface area (Å²) < 4.78 is 25.6. The summed E-state index contributed by atoms with van der Waals surface area (Å²) in [6.45, 7) is 0. The third-order valence-electron chi connectivity index (χ3n) is 1.45. The van der Waals surface area contributed by atoms with E-state index < -0.39 is 17.6 Å². The molecule has 0 aliphatic carbocycles. The van der Waals surface area contributed by atoms with Crippen molar-refractivity contribution in [3.8, 4) is 6.07 Å². The molecule has 0 saturated heterocycles. The van der Waals surface area contributed by atoms with Crippen molar-refractivity contribution in [2.24, 2.45) is 0 Å². The summed E-state index contributed by atoms with van der Waals surface area (Å²) in [4.78, 5) is 13.3. The van der Waals surface area contributed by atoms with E-state index in [2.05, 4.69) is 4.98 Å². The molecule has 14 heavy (non-hydrogen) atoms. The number of nitrogens with zero attached hydrogens (tertiary/aromatic N) is 2. The minimum atomic E-state index is -4.06. The van der Waals surface area contributed by atoms with Crippen molar-refractivity contribution in [1.82, 2.24) is 4.98 Å². The fourth-order valence-electron chi connectivity index (χ4n) is 0.781. The van der Waals surface area contributed by atoms with Crippen LogP contribution in [0.15, 0.2) is 18.2 Å². The Morgan fingerprint density at radius 1 is 1.57 bits per heavy atom. The monoisotopic (exact) mass is 198 g/mol. The van der Waals surface area contributed by atoms with E-state index in [1.54, 1.807) is 6.07 Å². The maximum Gasteiger partial charge on any atom is 0.384 e. The maximum absolute atomic E-state index is 12.8. The highest BCUT2D eigenvalue weighted by Crippen LogP contribution is 2.26. The minimum absolute atomic E-state index is 0.247. The summed E-state index contributed by atoms with van der Waals surface area (Å²) in [5, 5.41) is 16.5. The van der Waals surface area contributed by atoms with Gasteiger partial charge in [-0.05, 0) is 12.1 Å². The number of nitriles is 1. The highest BCUT2D eigenvalue weighted by molar-refractivity contribution is 5.76. The van der Waals surface area contributed by atoms with Gasteiger partial charge in [0.15, 0.2) is 0 Å². The molecule has 0 aliphatic heterocycles. The van der Waals surface area contributed by atoms with Gasteiger partial charge in [-0.2, -0.15) is 14.0 Å². The normalized spacial score (nSPS) is 10.6. The lowest BCUT2D eigenvalue weighted by atomic mass is 10.2. The van der Waals surface area contributed by atoms with E-state index in [0.717, 1.165) is 12.1 Å². The minimum Gasteiger partial charge on any atom is -0.476 e. The Kier molecular flexibility index (Phi) is 2.42. The molecule has 0 spiro atoms. The van der Waals surface area contributed by atoms with E-state index >= 15 is 0 Å². The van der Waals surface area contributed by atoms with E-state index in [9.17, 15) is 13.6 Å². The molecule has 0 unspecified atom stereocenters. The summed E-state index contributed by atoms with van der Waals surface area (Å²) in [7, 11) is 0. The van der Waals surface area contributed by atoms with Gasteiger partial charge in [0.25, 0.3) is 0 Å². The molecule has 4 nitrogen and oxygen atoms in total. The Morgan fingerprint density at radius 3 is 2.71 bits per heavy atom. The molecule has 1 heterocycles. The van der Waals surface area contributed by atoms with E-state index in [1.165, 1.54) is 6.07 Å². The Bertz CT molecular complexity index is 412. The number of hydrogen-bond donors (Lipinski definition) is 1. The van der Waals surface area contributed by atoms with Gasteiger partial charge >= 0.3 is 11.9 Å². The van der Waals surface area contributed by atoms with Gasteiger partial charge in [-0.1, -0.05) is 6.07 Å². The number of carboxylic acids is 1. The first-order valence-corrected chi connectivity index (χ1v) is 3.47. The lowest BCUT2D eigenvalue weighted by Gasteiger charge is -2.09. The van der Waals surface area contributed by atoms with Gasteiger partial charge in [0.05, 0.1) is 0 Å². The second-order valence-corrected chi connectivity index (χ2v) is 2.40. The summed E-state index contributed by atoms with van der Waals surface area (Å²) >= 11 is 0. The summed E-state index contributed by atoms with van der Waals surface area (Å²) in [5.41, 5.74) is -1.19. The van der Waals surface area contributed by atoms with Crippen molar-refractivity contribution < 1.29 is 18.7 Å². The highest BCUT2D eigenvalue weighted by Gasteiger charge is 2.42. The lowest BCUT2D eigenvalue weighted by Crippen LogP contribution is -2.26. The molecule has 0 radical (unpaired) electrons. The second kappa shape index (κ2) is 3.38. The van der Waals surface area contributed by atoms with Crippen LogP contribution in [0.5, 0.6) is 0 Å². The highest BCUT2D eigenvalue weighted by atomic mass is 19.3. The zero-order chi connectivity index (χ0) is 10.8. The first kappa shape index (κ1) is 10.1. The first-order valence-electron chi connectivity index (χ1n) is 3.47. The van der Waals surface area contributed by atoms with Gasteiger partial charge < -0.3 is 5.11 Å². The van der Waals surface area contributed by atoms with Gasteiger partial charge in [0, 0.05) is 0 Å². The molecule has 0 fully saturated rings. The molecule has 0 saturated carbocycles. The SMILES string of the molecule is N#Cc1cccc(C(F)(F)C(=O)O)n1. The molecule has 1 N–H and O–H groups in total. The molecule has 1 aromatic rings. The summed E-state index contributed by atoms with van der Waals surface area (Å²) in [5.74, 6) is -6.35. The van der Waals surface area contributed by atoms with Crippen LogP contribution < -0.4 is 0 Å². The fraction of sp³-hybridized carbons (Fsp3) is 0.125. The van der Waals surface area contributed by atoms with Gasteiger partial charge in [-0.3, -0.25) is 0 Å². The third kappa shape index (κ3) is 1.66. The average molecular weight is 198 g/mol. The number of carbonyl (C=O) groups is 1. The number of hydrogen-bond acceptors (Lipinski definition) is 3. The molecular formula is C8H4F2N2O2. The quantitative estimate of drug-likeness (QED) is 0.772. The molecule has 1 aromatic heterocycles. The van der Waals surface area contributed by atoms with Crippen LogP contribution in [0, 0.1) is 11.3 Å². The second-order valence-electron chi connectivity index (χ2n) is 2.40. The Hall–Kier alpha value is -2.03. The fourth-order valence-corrected chi connectivity index (χ4v) is 0.781. The van der Waals surface area contributed by atoms with Crippen LogP contribution in [0.1, 0.15) is 11.4 Å². The number of aliphatic carboxylic acids is 1. The molecule has 1 rings (SSSR count). The molecule has 0 amide bonds. The molecule has 0 bridgehead atoms. The van der Waals surface area contributed by atoms with Crippen molar-refractivity contribution >= 4 is 5.97 Å². The molecule has 72 valence electrons. The standard InChI is InChI=1S/C8H4F2N2O2/c9-8(10,7(13)14)6-3-1-2-5(4-11)12-6/h1-3H,(H,13,14). The van der Waals surface area contributed by atoms with Crippen LogP contribution in [0.4, 0.5) is 8.78 Å². The van der Waals surface area contributed by atoms with Crippen LogP contribution in [-0.2, 0) is 10.7 Å². The molecular weight excluding hydrogens is 194 g/mol. The number of pyridine rings is 1. The maximum atomic E-state index is 12.8. The molecule has 6 heteroatoms. The average Bonchev–Trinajstić information content (AvgIpc) is 2.17. The third-order valence-corrected chi connectivity index (χ3v) is 1.45. The zero-order valence-electron chi connectivity index (χ0n) is 6.74. The number of carboxylic acid groups (broad SMARTS) is 1. The Balaban J connectivity index is 3.21. The lowest BCUT2D eigenvalue weighted by molar-refractivity contribution is -0.166. The van der Waals surface area contributed by atoms with Crippen molar-refractivity contribution in [2.45, 2.75) is 5.92 Å². The van der Waals surface area contributed by atoms with Crippen molar-refractivity contribution in [3.63, 3.8) is 0 Å².